The summed E-state index contributed by atoms with van der Waals surface area (Å²) in [6.45, 7) is 5.61. The number of carbonyl (C=O) groups excluding carboxylic acids is 1. The fourth-order valence-corrected chi connectivity index (χ4v) is 2.38. The van der Waals surface area contributed by atoms with Gasteiger partial charge in [0.1, 0.15) is 5.60 Å². The van der Waals surface area contributed by atoms with E-state index in [2.05, 4.69) is 5.32 Å². The van der Waals surface area contributed by atoms with Crippen molar-refractivity contribution in [3.63, 3.8) is 0 Å². The van der Waals surface area contributed by atoms with Gasteiger partial charge in [-0.05, 0) is 58.5 Å². The third-order valence-corrected chi connectivity index (χ3v) is 3.09. The Balaban J connectivity index is 2.24. The molecule has 1 amide bonds. The van der Waals surface area contributed by atoms with E-state index in [1.807, 2.05) is 27.0 Å². The summed E-state index contributed by atoms with van der Waals surface area (Å²) in [5, 5.41) is 2.91. The summed E-state index contributed by atoms with van der Waals surface area (Å²) in [5.74, 6) is 0. The number of rotatable bonds is 3. The van der Waals surface area contributed by atoms with Gasteiger partial charge in [-0.15, -0.1) is 0 Å². The molecule has 1 aliphatic carbocycles. The maximum absolute atomic E-state index is 11.6. The minimum atomic E-state index is -0.427. The van der Waals surface area contributed by atoms with E-state index < -0.39 is 5.60 Å². The normalized spacial score (nSPS) is 25.4. The molecule has 1 saturated carbocycles. The van der Waals surface area contributed by atoms with E-state index in [1.165, 1.54) is 12.0 Å². The van der Waals surface area contributed by atoms with Crippen LogP contribution in [-0.4, -0.2) is 30.1 Å². The zero-order valence-corrected chi connectivity index (χ0v) is 11.9. The molecule has 0 aromatic heterocycles. The molecule has 0 spiro atoms. The number of carbonyl (C=O) groups is 1. The highest BCUT2D eigenvalue weighted by atomic mass is 32.2. The summed E-state index contributed by atoms with van der Waals surface area (Å²) in [6, 6.07) is 0.228. The average molecular weight is 261 g/mol. The van der Waals surface area contributed by atoms with Crippen LogP contribution >= 0.6 is 12.0 Å². The SMILES string of the molecule is CSOC1CCC(NC(=O)OC(C)(C)C)CC1. The fourth-order valence-electron chi connectivity index (χ4n) is 1.91. The van der Waals surface area contributed by atoms with Crippen LogP contribution < -0.4 is 5.32 Å². The molecule has 5 heteroatoms. The highest BCUT2D eigenvalue weighted by molar-refractivity contribution is 7.93. The predicted molar refractivity (Wildman–Crippen MR) is 70.0 cm³/mol. The third-order valence-electron chi connectivity index (χ3n) is 2.63. The Morgan fingerprint density at radius 2 is 1.82 bits per heavy atom. The topological polar surface area (TPSA) is 47.6 Å². The molecular weight excluding hydrogens is 238 g/mol. The van der Waals surface area contributed by atoms with Crippen LogP contribution in [-0.2, 0) is 8.92 Å². The quantitative estimate of drug-likeness (QED) is 0.793. The van der Waals surface area contributed by atoms with E-state index in [9.17, 15) is 4.79 Å². The van der Waals surface area contributed by atoms with E-state index in [0.29, 0.717) is 6.10 Å². The molecule has 0 aliphatic heterocycles. The Hall–Kier alpha value is -0.420. The number of hydrogen-bond acceptors (Lipinski definition) is 4. The summed E-state index contributed by atoms with van der Waals surface area (Å²) in [5.41, 5.74) is -0.427. The molecule has 17 heavy (non-hydrogen) atoms. The smallest absolute Gasteiger partial charge is 0.407 e. The first-order valence-corrected chi connectivity index (χ1v) is 7.24. The zero-order valence-electron chi connectivity index (χ0n) is 11.1. The van der Waals surface area contributed by atoms with Gasteiger partial charge in [-0.2, -0.15) is 0 Å². The lowest BCUT2D eigenvalue weighted by Crippen LogP contribution is -2.41. The van der Waals surface area contributed by atoms with Gasteiger partial charge in [-0.3, -0.25) is 0 Å². The summed E-state index contributed by atoms with van der Waals surface area (Å²) in [4.78, 5) is 11.6. The molecule has 100 valence electrons. The maximum Gasteiger partial charge on any atom is 0.407 e. The van der Waals surface area contributed by atoms with Crippen LogP contribution in [0.15, 0.2) is 0 Å². The molecule has 1 aliphatic rings. The molecule has 0 radical (unpaired) electrons. The van der Waals surface area contributed by atoms with Gasteiger partial charge in [0.05, 0.1) is 6.10 Å². The molecule has 0 aromatic rings. The lowest BCUT2D eigenvalue weighted by Gasteiger charge is -2.29. The first-order valence-electron chi connectivity index (χ1n) is 6.09. The van der Waals surface area contributed by atoms with Crippen molar-refractivity contribution in [3.05, 3.63) is 0 Å². The number of amides is 1. The van der Waals surface area contributed by atoms with Crippen LogP contribution in [0.3, 0.4) is 0 Å². The average Bonchev–Trinajstić information content (AvgIpc) is 2.18. The van der Waals surface area contributed by atoms with Crippen LogP contribution in [0.2, 0.25) is 0 Å². The molecule has 1 rings (SSSR count). The Kier molecular flexibility index (Phi) is 5.59. The van der Waals surface area contributed by atoms with E-state index in [-0.39, 0.29) is 12.1 Å². The molecule has 0 heterocycles. The summed E-state index contributed by atoms with van der Waals surface area (Å²) in [7, 11) is 0. The number of hydrogen-bond donors (Lipinski definition) is 1. The molecule has 0 bridgehead atoms. The van der Waals surface area contributed by atoms with E-state index in [4.69, 9.17) is 8.92 Å². The van der Waals surface area contributed by atoms with Crippen molar-refractivity contribution in [2.45, 2.75) is 64.2 Å². The largest absolute Gasteiger partial charge is 0.444 e. The molecule has 1 fully saturated rings. The van der Waals surface area contributed by atoms with Gasteiger partial charge < -0.3 is 14.2 Å². The lowest BCUT2D eigenvalue weighted by molar-refractivity contribution is 0.0476. The molecule has 4 nitrogen and oxygen atoms in total. The van der Waals surface area contributed by atoms with Crippen molar-refractivity contribution < 1.29 is 13.7 Å². The Labute approximate surface area is 108 Å². The molecule has 1 N–H and O–H groups in total. The van der Waals surface area contributed by atoms with Crippen molar-refractivity contribution in [1.82, 2.24) is 5.32 Å². The van der Waals surface area contributed by atoms with Gasteiger partial charge in [0, 0.05) is 12.3 Å². The molecule has 0 atom stereocenters. The van der Waals surface area contributed by atoms with E-state index >= 15 is 0 Å². The second-order valence-corrected chi connectivity index (χ2v) is 5.91. The molecule has 0 aromatic carbocycles. The minimum Gasteiger partial charge on any atom is -0.444 e. The van der Waals surface area contributed by atoms with Crippen molar-refractivity contribution >= 4 is 18.1 Å². The summed E-state index contributed by atoms with van der Waals surface area (Å²) < 4.78 is 10.7. The van der Waals surface area contributed by atoms with Crippen molar-refractivity contribution in [2.24, 2.45) is 0 Å². The van der Waals surface area contributed by atoms with Gasteiger partial charge in [-0.1, -0.05) is 0 Å². The zero-order chi connectivity index (χ0) is 12.9. The minimum absolute atomic E-state index is 0.228. The van der Waals surface area contributed by atoms with Crippen LogP contribution in [0.1, 0.15) is 46.5 Å². The van der Waals surface area contributed by atoms with Crippen LogP contribution in [0.4, 0.5) is 4.79 Å². The Morgan fingerprint density at radius 3 is 2.29 bits per heavy atom. The Bertz CT molecular complexity index is 245. The molecule has 0 saturated heterocycles. The van der Waals surface area contributed by atoms with Gasteiger partial charge in [-0.25, -0.2) is 4.79 Å². The standard InChI is InChI=1S/C12H23NO3S/c1-12(2,3)15-11(14)13-9-5-7-10(8-6-9)16-17-4/h9-10H,5-8H2,1-4H3,(H,13,14). The van der Waals surface area contributed by atoms with Crippen LogP contribution in [0.25, 0.3) is 0 Å². The third kappa shape index (κ3) is 6.17. The van der Waals surface area contributed by atoms with Gasteiger partial charge >= 0.3 is 6.09 Å². The monoisotopic (exact) mass is 261 g/mol. The summed E-state index contributed by atoms with van der Waals surface area (Å²) >= 11 is 1.42. The van der Waals surface area contributed by atoms with Gasteiger partial charge in [0.25, 0.3) is 0 Å². The second-order valence-electron chi connectivity index (χ2n) is 5.38. The first kappa shape index (κ1) is 14.6. The second kappa shape index (κ2) is 6.50. The lowest BCUT2D eigenvalue weighted by atomic mass is 9.93. The number of ether oxygens (including phenoxy) is 1. The van der Waals surface area contributed by atoms with Crippen LogP contribution in [0.5, 0.6) is 0 Å². The number of alkyl carbamates (subject to hydrolysis) is 1. The maximum atomic E-state index is 11.6. The van der Waals surface area contributed by atoms with Crippen molar-refractivity contribution in [3.8, 4) is 0 Å². The first-order chi connectivity index (χ1) is 7.90. The number of nitrogens with one attached hydrogen (secondary N) is 1. The van der Waals surface area contributed by atoms with Crippen molar-refractivity contribution in [1.29, 1.82) is 0 Å². The van der Waals surface area contributed by atoms with Crippen molar-refractivity contribution in [2.75, 3.05) is 6.26 Å². The highest BCUT2D eigenvalue weighted by Gasteiger charge is 2.24. The molecule has 0 unspecified atom stereocenters. The van der Waals surface area contributed by atoms with Gasteiger partial charge in [0.15, 0.2) is 0 Å². The van der Waals surface area contributed by atoms with Gasteiger partial charge in [0.2, 0.25) is 0 Å². The highest BCUT2D eigenvalue weighted by Crippen LogP contribution is 2.24. The molecular formula is C12H23NO3S. The van der Waals surface area contributed by atoms with E-state index in [1.54, 1.807) is 0 Å². The summed E-state index contributed by atoms with van der Waals surface area (Å²) in [6.07, 6.45) is 5.89. The fraction of sp³-hybridized carbons (Fsp3) is 0.917. The van der Waals surface area contributed by atoms with Crippen LogP contribution in [0, 0.1) is 0 Å². The Morgan fingerprint density at radius 1 is 1.24 bits per heavy atom. The van der Waals surface area contributed by atoms with E-state index in [0.717, 1.165) is 25.7 Å². The predicted octanol–water partition coefficient (Wildman–Crippen LogP) is 3.12.